The van der Waals surface area contributed by atoms with Gasteiger partial charge in [0.2, 0.25) is 0 Å². The van der Waals surface area contributed by atoms with Crippen LogP contribution in [0.3, 0.4) is 0 Å². The third-order valence-corrected chi connectivity index (χ3v) is 2.78. The molecule has 0 saturated heterocycles. The molecule has 0 aliphatic rings. The molecule has 0 heterocycles. The lowest BCUT2D eigenvalue weighted by atomic mass is 10.1. The predicted octanol–water partition coefficient (Wildman–Crippen LogP) is 3.00. The summed E-state index contributed by atoms with van der Waals surface area (Å²) >= 11 is 0. The summed E-state index contributed by atoms with van der Waals surface area (Å²) < 4.78 is 10.7. The lowest BCUT2D eigenvalue weighted by Crippen LogP contribution is -2.29. The van der Waals surface area contributed by atoms with Crippen LogP contribution in [-0.2, 0) is 9.53 Å². The van der Waals surface area contributed by atoms with Crippen LogP contribution in [0.15, 0.2) is 24.3 Å². The Morgan fingerprint density at radius 3 is 2.53 bits per heavy atom. The number of hydrogen-bond donors (Lipinski definition) is 0. The summed E-state index contributed by atoms with van der Waals surface area (Å²) in [7, 11) is 0. The van der Waals surface area contributed by atoms with Gasteiger partial charge >= 0.3 is 5.97 Å². The van der Waals surface area contributed by atoms with Crippen LogP contribution in [0.2, 0.25) is 0 Å². The van der Waals surface area contributed by atoms with Gasteiger partial charge in [-0.25, -0.2) is 4.79 Å². The molecule has 2 atom stereocenters. The van der Waals surface area contributed by atoms with E-state index in [1.54, 1.807) is 31.2 Å². The Kier molecular flexibility index (Phi) is 5.55. The molecule has 0 aliphatic carbocycles. The number of esters is 1. The molecule has 0 aliphatic heterocycles. The predicted molar refractivity (Wildman–Crippen MR) is 72.4 cm³/mol. The Morgan fingerprint density at radius 1 is 1.26 bits per heavy atom. The smallest absolute Gasteiger partial charge is 0.347 e. The molecule has 2 unspecified atom stereocenters. The Hall–Kier alpha value is -1.84. The fourth-order valence-corrected chi connectivity index (χ4v) is 1.42. The van der Waals surface area contributed by atoms with Crippen LogP contribution in [0.5, 0.6) is 5.75 Å². The minimum atomic E-state index is -0.698. The number of Topliss-reactive ketones (excluding diaryl/α,β-unsaturated/α-hetero) is 1. The topological polar surface area (TPSA) is 52.6 Å². The van der Waals surface area contributed by atoms with Crippen LogP contribution in [0, 0.1) is 0 Å². The summed E-state index contributed by atoms with van der Waals surface area (Å²) in [6.07, 6.45) is -0.0588. The fraction of sp³-hybridized carbons (Fsp3) is 0.467. The van der Waals surface area contributed by atoms with E-state index in [1.165, 1.54) is 6.92 Å². The Morgan fingerprint density at radius 2 is 1.95 bits per heavy atom. The van der Waals surface area contributed by atoms with E-state index in [2.05, 4.69) is 0 Å². The highest BCUT2D eigenvalue weighted by Gasteiger charge is 2.18. The molecule has 0 N–H and O–H groups in total. The molecule has 0 radical (unpaired) electrons. The van der Waals surface area contributed by atoms with Crippen molar-refractivity contribution in [2.75, 3.05) is 0 Å². The highest BCUT2D eigenvalue weighted by atomic mass is 16.6. The molecule has 19 heavy (non-hydrogen) atoms. The molecule has 4 heteroatoms. The summed E-state index contributed by atoms with van der Waals surface area (Å²) in [5, 5.41) is 0. The van der Waals surface area contributed by atoms with Crippen LogP contribution in [0.1, 0.15) is 44.5 Å². The monoisotopic (exact) mass is 264 g/mol. The molecule has 0 bridgehead atoms. The van der Waals surface area contributed by atoms with Gasteiger partial charge in [0.1, 0.15) is 5.75 Å². The van der Waals surface area contributed by atoms with E-state index in [0.717, 1.165) is 6.42 Å². The van der Waals surface area contributed by atoms with E-state index in [4.69, 9.17) is 9.47 Å². The maximum Gasteiger partial charge on any atom is 0.347 e. The molecule has 1 rings (SSSR count). The van der Waals surface area contributed by atoms with Crippen molar-refractivity contribution in [1.82, 2.24) is 0 Å². The van der Waals surface area contributed by atoms with Crippen LogP contribution in [0.25, 0.3) is 0 Å². The van der Waals surface area contributed by atoms with Gasteiger partial charge in [-0.2, -0.15) is 0 Å². The first-order valence-corrected chi connectivity index (χ1v) is 6.42. The average molecular weight is 264 g/mol. The second-order valence-electron chi connectivity index (χ2n) is 4.50. The van der Waals surface area contributed by atoms with E-state index < -0.39 is 12.1 Å². The SMILES string of the molecule is CCC(C)OC(=O)C(C)Oc1cccc(C(C)=O)c1. The number of benzene rings is 1. The van der Waals surface area contributed by atoms with Crippen molar-refractivity contribution < 1.29 is 19.1 Å². The van der Waals surface area contributed by atoms with Crippen molar-refractivity contribution in [2.24, 2.45) is 0 Å². The zero-order valence-corrected chi connectivity index (χ0v) is 11.8. The van der Waals surface area contributed by atoms with E-state index in [9.17, 15) is 9.59 Å². The zero-order valence-electron chi connectivity index (χ0n) is 11.8. The molecule has 0 saturated carbocycles. The molecule has 0 amide bonds. The fourth-order valence-electron chi connectivity index (χ4n) is 1.42. The number of ketones is 1. The van der Waals surface area contributed by atoms with Crippen molar-refractivity contribution in [3.05, 3.63) is 29.8 Å². The average Bonchev–Trinajstić information content (AvgIpc) is 2.38. The molecular formula is C15H20O4. The third kappa shape index (κ3) is 4.73. The minimum absolute atomic E-state index is 0.0414. The molecule has 1 aromatic carbocycles. The standard InChI is InChI=1S/C15H20O4/c1-5-10(2)18-15(17)12(4)19-14-8-6-7-13(9-14)11(3)16/h6-10,12H,5H2,1-4H3. The van der Waals surface area contributed by atoms with Gasteiger partial charge in [-0.1, -0.05) is 19.1 Å². The number of carbonyl (C=O) groups excluding carboxylic acids is 2. The van der Waals surface area contributed by atoms with Crippen molar-refractivity contribution in [1.29, 1.82) is 0 Å². The largest absolute Gasteiger partial charge is 0.479 e. The number of ether oxygens (including phenoxy) is 2. The van der Waals surface area contributed by atoms with E-state index in [-0.39, 0.29) is 11.9 Å². The van der Waals surface area contributed by atoms with Gasteiger partial charge in [-0.05, 0) is 39.3 Å². The van der Waals surface area contributed by atoms with E-state index in [0.29, 0.717) is 11.3 Å². The second kappa shape index (κ2) is 6.92. The van der Waals surface area contributed by atoms with Crippen molar-refractivity contribution >= 4 is 11.8 Å². The van der Waals surface area contributed by atoms with Gasteiger partial charge in [0.25, 0.3) is 0 Å². The minimum Gasteiger partial charge on any atom is -0.479 e. The van der Waals surface area contributed by atoms with Crippen molar-refractivity contribution in [3.63, 3.8) is 0 Å². The first-order valence-electron chi connectivity index (χ1n) is 6.42. The van der Waals surface area contributed by atoms with Crippen LogP contribution < -0.4 is 4.74 Å². The zero-order chi connectivity index (χ0) is 14.4. The summed E-state index contributed by atoms with van der Waals surface area (Å²) in [6, 6.07) is 6.75. The first-order chi connectivity index (χ1) is 8.93. The van der Waals surface area contributed by atoms with Crippen LogP contribution in [-0.4, -0.2) is 24.0 Å². The summed E-state index contributed by atoms with van der Waals surface area (Å²) in [6.45, 7) is 6.89. The normalized spacial score (nSPS) is 13.5. The van der Waals surface area contributed by atoms with E-state index >= 15 is 0 Å². The van der Waals surface area contributed by atoms with Gasteiger partial charge < -0.3 is 9.47 Å². The van der Waals surface area contributed by atoms with Crippen LogP contribution >= 0.6 is 0 Å². The molecule has 4 nitrogen and oxygen atoms in total. The lowest BCUT2D eigenvalue weighted by molar-refractivity contribution is -0.155. The molecule has 0 spiro atoms. The van der Waals surface area contributed by atoms with Crippen molar-refractivity contribution in [2.45, 2.75) is 46.3 Å². The number of hydrogen-bond acceptors (Lipinski definition) is 4. The molecular weight excluding hydrogens is 244 g/mol. The maximum absolute atomic E-state index is 11.7. The highest BCUT2D eigenvalue weighted by molar-refractivity contribution is 5.94. The summed E-state index contributed by atoms with van der Waals surface area (Å²) in [5.41, 5.74) is 0.556. The molecule has 104 valence electrons. The second-order valence-corrected chi connectivity index (χ2v) is 4.50. The number of rotatable bonds is 6. The first kappa shape index (κ1) is 15.2. The van der Waals surface area contributed by atoms with Gasteiger partial charge in [0.15, 0.2) is 11.9 Å². The summed E-state index contributed by atoms with van der Waals surface area (Å²) in [4.78, 5) is 23.0. The van der Waals surface area contributed by atoms with Crippen LogP contribution in [0.4, 0.5) is 0 Å². The van der Waals surface area contributed by atoms with Crippen molar-refractivity contribution in [3.8, 4) is 5.75 Å². The quantitative estimate of drug-likeness (QED) is 0.585. The Balaban J connectivity index is 2.66. The molecule has 1 aromatic rings. The number of carbonyl (C=O) groups is 2. The lowest BCUT2D eigenvalue weighted by Gasteiger charge is -2.17. The van der Waals surface area contributed by atoms with E-state index in [1.807, 2.05) is 13.8 Å². The Bertz CT molecular complexity index is 453. The third-order valence-electron chi connectivity index (χ3n) is 2.78. The van der Waals surface area contributed by atoms with Gasteiger partial charge in [0.05, 0.1) is 6.10 Å². The molecule has 0 aromatic heterocycles. The summed E-state index contributed by atoms with van der Waals surface area (Å²) in [5.74, 6) is 0.0455. The van der Waals surface area contributed by atoms with Gasteiger partial charge in [0, 0.05) is 5.56 Å². The Labute approximate surface area is 113 Å². The highest BCUT2D eigenvalue weighted by Crippen LogP contribution is 2.16. The molecule has 0 fully saturated rings. The van der Waals surface area contributed by atoms with Gasteiger partial charge in [-0.15, -0.1) is 0 Å². The maximum atomic E-state index is 11.7. The van der Waals surface area contributed by atoms with Gasteiger partial charge in [-0.3, -0.25) is 4.79 Å².